The lowest BCUT2D eigenvalue weighted by Crippen LogP contribution is -2.57. The van der Waals surface area contributed by atoms with Gasteiger partial charge >= 0.3 is 12.1 Å². The molecule has 0 aliphatic carbocycles. The minimum absolute atomic E-state index is 0.122. The summed E-state index contributed by atoms with van der Waals surface area (Å²) in [5.41, 5.74) is -1.22. The molecule has 8 heteroatoms. The predicted molar refractivity (Wildman–Crippen MR) is 73.4 cm³/mol. The molecule has 0 saturated carbocycles. The summed E-state index contributed by atoms with van der Waals surface area (Å²) in [5, 5.41) is 8.68. The quantitative estimate of drug-likeness (QED) is 0.917. The van der Waals surface area contributed by atoms with Gasteiger partial charge in [0.2, 0.25) is 0 Å². The number of carbonyl (C=O) groups is 2. The standard InChI is InChI=1S/C14H17FN2O5/c1-14(2,3)22-13(20)17-6-9(7-17)21-8-4-10(15)11(12(18)19)16-5-8/h4-5,9H,6-7H2,1-3H3,(H,18,19). The maximum Gasteiger partial charge on any atom is 0.410 e. The molecule has 1 aromatic rings. The summed E-state index contributed by atoms with van der Waals surface area (Å²) in [4.78, 5) is 27.3. The fourth-order valence-corrected chi connectivity index (χ4v) is 1.82. The number of carboxylic acids is 1. The summed E-state index contributed by atoms with van der Waals surface area (Å²) in [6.45, 7) is 5.96. The number of amides is 1. The molecule has 0 unspecified atom stereocenters. The van der Waals surface area contributed by atoms with Crippen molar-refractivity contribution in [3.8, 4) is 5.75 Å². The van der Waals surface area contributed by atoms with Crippen LogP contribution in [0.1, 0.15) is 31.3 Å². The smallest absolute Gasteiger partial charge is 0.410 e. The number of rotatable bonds is 3. The van der Waals surface area contributed by atoms with E-state index < -0.39 is 29.2 Å². The van der Waals surface area contributed by atoms with Crippen LogP contribution in [0.4, 0.5) is 9.18 Å². The van der Waals surface area contributed by atoms with Gasteiger partial charge < -0.3 is 19.5 Å². The molecule has 2 heterocycles. The van der Waals surface area contributed by atoms with E-state index in [1.54, 1.807) is 20.8 Å². The summed E-state index contributed by atoms with van der Waals surface area (Å²) in [5.74, 6) is -2.28. The van der Waals surface area contributed by atoms with Crippen molar-refractivity contribution >= 4 is 12.1 Å². The molecule has 7 nitrogen and oxygen atoms in total. The number of likely N-dealkylation sites (tertiary alicyclic amines) is 1. The monoisotopic (exact) mass is 312 g/mol. The van der Waals surface area contributed by atoms with Crippen molar-refractivity contribution in [2.75, 3.05) is 13.1 Å². The van der Waals surface area contributed by atoms with Crippen molar-refractivity contribution in [2.24, 2.45) is 0 Å². The molecule has 1 aromatic heterocycles. The van der Waals surface area contributed by atoms with Gasteiger partial charge in [0.25, 0.3) is 0 Å². The third-order valence-corrected chi connectivity index (χ3v) is 2.82. The van der Waals surface area contributed by atoms with Crippen LogP contribution in [-0.4, -0.2) is 51.8 Å². The lowest BCUT2D eigenvalue weighted by atomic mass is 10.1. The Morgan fingerprint density at radius 3 is 2.55 bits per heavy atom. The summed E-state index contributed by atoms with van der Waals surface area (Å²) in [7, 11) is 0. The second-order valence-electron chi connectivity index (χ2n) is 5.93. The Kier molecular flexibility index (Phi) is 4.20. The van der Waals surface area contributed by atoms with Crippen LogP contribution in [-0.2, 0) is 4.74 Å². The van der Waals surface area contributed by atoms with Crippen molar-refractivity contribution < 1.29 is 28.6 Å². The lowest BCUT2D eigenvalue weighted by molar-refractivity contribution is -0.0223. The van der Waals surface area contributed by atoms with Gasteiger partial charge in [-0.15, -0.1) is 0 Å². The van der Waals surface area contributed by atoms with Gasteiger partial charge in [0.05, 0.1) is 19.3 Å². The molecule has 0 bridgehead atoms. The van der Waals surface area contributed by atoms with Crippen LogP contribution in [0.5, 0.6) is 5.75 Å². The Bertz CT molecular complexity index is 593. The van der Waals surface area contributed by atoms with E-state index in [1.807, 2.05) is 0 Å². The maximum absolute atomic E-state index is 13.5. The number of nitrogens with zero attached hydrogens (tertiary/aromatic N) is 2. The Morgan fingerprint density at radius 2 is 2.05 bits per heavy atom. The Balaban J connectivity index is 1.87. The molecule has 1 aliphatic heterocycles. The fourth-order valence-electron chi connectivity index (χ4n) is 1.82. The molecule has 22 heavy (non-hydrogen) atoms. The van der Waals surface area contributed by atoms with E-state index in [-0.39, 0.29) is 11.9 Å². The molecule has 1 aliphatic rings. The number of aromatic carboxylic acids is 1. The van der Waals surface area contributed by atoms with Crippen molar-refractivity contribution in [2.45, 2.75) is 32.5 Å². The molecule has 2 rings (SSSR count). The highest BCUT2D eigenvalue weighted by Gasteiger charge is 2.35. The number of pyridine rings is 1. The second-order valence-corrected chi connectivity index (χ2v) is 5.93. The average molecular weight is 312 g/mol. The third-order valence-electron chi connectivity index (χ3n) is 2.82. The highest BCUT2D eigenvalue weighted by Crippen LogP contribution is 2.21. The summed E-state index contributed by atoms with van der Waals surface area (Å²) >= 11 is 0. The SMILES string of the molecule is CC(C)(C)OC(=O)N1CC(Oc2cnc(C(=O)O)c(F)c2)C1. The van der Waals surface area contributed by atoms with Crippen LogP contribution >= 0.6 is 0 Å². The number of halogens is 1. The molecule has 120 valence electrons. The van der Waals surface area contributed by atoms with Gasteiger partial charge in [0, 0.05) is 6.07 Å². The fraction of sp³-hybridized carbons (Fsp3) is 0.500. The first-order valence-electron chi connectivity index (χ1n) is 6.69. The maximum atomic E-state index is 13.5. The van der Waals surface area contributed by atoms with Gasteiger partial charge in [-0.2, -0.15) is 0 Å². The average Bonchev–Trinajstić information content (AvgIpc) is 2.30. The van der Waals surface area contributed by atoms with Crippen molar-refractivity contribution in [1.29, 1.82) is 0 Å². The molecule has 0 atom stereocenters. The summed E-state index contributed by atoms with van der Waals surface area (Å²) < 4.78 is 24.1. The predicted octanol–water partition coefficient (Wildman–Crippen LogP) is 1.92. The van der Waals surface area contributed by atoms with Crippen LogP contribution in [0.2, 0.25) is 0 Å². The highest BCUT2D eigenvalue weighted by molar-refractivity contribution is 5.85. The first kappa shape index (κ1) is 16.0. The van der Waals surface area contributed by atoms with E-state index in [2.05, 4.69) is 4.98 Å². The van der Waals surface area contributed by atoms with Crippen LogP contribution < -0.4 is 4.74 Å². The van der Waals surface area contributed by atoms with Crippen molar-refractivity contribution in [3.05, 3.63) is 23.8 Å². The zero-order valence-corrected chi connectivity index (χ0v) is 12.5. The van der Waals surface area contributed by atoms with Crippen molar-refractivity contribution in [3.63, 3.8) is 0 Å². The third kappa shape index (κ3) is 3.84. The van der Waals surface area contributed by atoms with E-state index in [0.717, 1.165) is 12.3 Å². The minimum Gasteiger partial charge on any atom is -0.485 e. The molecule has 1 N–H and O–H groups in total. The Morgan fingerprint density at radius 1 is 1.41 bits per heavy atom. The van der Waals surface area contributed by atoms with E-state index in [9.17, 15) is 14.0 Å². The molecular formula is C14H17FN2O5. The molecule has 0 aromatic carbocycles. The van der Waals surface area contributed by atoms with Crippen LogP contribution in [0.25, 0.3) is 0 Å². The number of hydrogen-bond donors (Lipinski definition) is 1. The topological polar surface area (TPSA) is 89.0 Å². The van der Waals surface area contributed by atoms with Gasteiger partial charge in [-0.05, 0) is 20.8 Å². The van der Waals surface area contributed by atoms with Gasteiger partial charge in [0.15, 0.2) is 11.5 Å². The van der Waals surface area contributed by atoms with E-state index in [0.29, 0.717) is 13.1 Å². The zero-order chi connectivity index (χ0) is 16.5. The minimum atomic E-state index is -1.44. The number of carboxylic acid groups (broad SMARTS) is 1. The summed E-state index contributed by atoms with van der Waals surface area (Å²) in [6.07, 6.45) is 0.408. The van der Waals surface area contributed by atoms with Gasteiger partial charge in [-0.25, -0.2) is 19.0 Å². The molecule has 1 amide bonds. The van der Waals surface area contributed by atoms with Crippen LogP contribution in [0.3, 0.4) is 0 Å². The first-order valence-corrected chi connectivity index (χ1v) is 6.69. The first-order chi connectivity index (χ1) is 10.2. The van der Waals surface area contributed by atoms with Crippen LogP contribution in [0, 0.1) is 5.82 Å². The lowest BCUT2D eigenvalue weighted by Gasteiger charge is -2.39. The van der Waals surface area contributed by atoms with Gasteiger partial charge in [0.1, 0.15) is 17.5 Å². The number of carbonyl (C=O) groups excluding carboxylic acids is 1. The molecular weight excluding hydrogens is 295 g/mol. The van der Waals surface area contributed by atoms with Crippen molar-refractivity contribution in [1.82, 2.24) is 9.88 Å². The number of ether oxygens (including phenoxy) is 2. The highest BCUT2D eigenvalue weighted by atomic mass is 19.1. The van der Waals surface area contributed by atoms with E-state index in [1.165, 1.54) is 4.90 Å². The normalized spacial score (nSPS) is 15.2. The van der Waals surface area contributed by atoms with Gasteiger partial charge in [-0.1, -0.05) is 0 Å². The van der Waals surface area contributed by atoms with Crippen LogP contribution in [0.15, 0.2) is 12.3 Å². The molecule has 1 saturated heterocycles. The largest absolute Gasteiger partial charge is 0.485 e. The molecule has 0 radical (unpaired) electrons. The second kappa shape index (κ2) is 5.78. The molecule has 1 fully saturated rings. The zero-order valence-electron chi connectivity index (χ0n) is 12.5. The summed E-state index contributed by atoms with van der Waals surface area (Å²) in [6, 6.07) is 0.965. The Hall–Kier alpha value is -2.38. The van der Waals surface area contributed by atoms with Gasteiger partial charge in [-0.3, -0.25) is 0 Å². The number of aromatic nitrogens is 1. The number of hydrogen-bond acceptors (Lipinski definition) is 5. The Labute approximate surface area is 126 Å². The van der Waals surface area contributed by atoms with E-state index in [4.69, 9.17) is 14.6 Å². The molecule has 0 spiro atoms. The van der Waals surface area contributed by atoms with E-state index >= 15 is 0 Å².